The van der Waals surface area contributed by atoms with Crippen molar-refractivity contribution in [2.45, 2.75) is 33.4 Å². The molecule has 1 N–H and O–H groups in total. The van der Waals surface area contributed by atoms with Gasteiger partial charge in [-0.15, -0.1) is 0 Å². The Hall–Kier alpha value is -2.53. The summed E-state index contributed by atoms with van der Waals surface area (Å²) >= 11 is 6.20. The molecule has 0 heterocycles. The highest BCUT2D eigenvalue weighted by Crippen LogP contribution is 2.18. The van der Waals surface area contributed by atoms with Crippen molar-refractivity contribution in [1.82, 2.24) is 10.2 Å². The number of nitrogens with one attached hydrogen (secondary N) is 1. The molecule has 2 rings (SSSR count). The number of halogens is 1. The Morgan fingerprint density at radius 3 is 2.32 bits per heavy atom. The van der Waals surface area contributed by atoms with Gasteiger partial charge in [-0.3, -0.25) is 9.59 Å². The average molecular weight is 403 g/mol. The van der Waals surface area contributed by atoms with Crippen LogP contribution >= 0.6 is 11.6 Å². The second-order valence-electron chi connectivity index (χ2n) is 6.94. The van der Waals surface area contributed by atoms with Crippen LogP contribution in [0, 0.1) is 5.92 Å². The number of rotatable bonds is 8. The lowest BCUT2D eigenvalue weighted by Gasteiger charge is -2.27. The Morgan fingerprint density at radius 2 is 1.75 bits per heavy atom. The van der Waals surface area contributed by atoms with Crippen molar-refractivity contribution < 1.29 is 14.3 Å². The van der Waals surface area contributed by atoms with E-state index in [9.17, 15) is 9.59 Å². The molecule has 2 aromatic rings. The van der Waals surface area contributed by atoms with E-state index in [4.69, 9.17) is 16.3 Å². The van der Waals surface area contributed by atoms with Crippen molar-refractivity contribution in [3.8, 4) is 5.75 Å². The lowest BCUT2D eigenvalue weighted by Crippen LogP contribution is -2.50. The molecule has 0 saturated heterocycles. The summed E-state index contributed by atoms with van der Waals surface area (Å²) in [5.41, 5.74) is 1.34. The molecule has 1 unspecified atom stereocenters. The van der Waals surface area contributed by atoms with Crippen LogP contribution < -0.4 is 10.1 Å². The summed E-state index contributed by atoms with van der Waals surface area (Å²) in [7, 11) is 1.71. The van der Waals surface area contributed by atoms with E-state index in [1.165, 1.54) is 0 Å². The number of nitrogens with zero attached hydrogens (tertiary/aromatic N) is 1. The Balaban J connectivity index is 2.07. The zero-order chi connectivity index (χ0) is 20.7. The minimum absolute atomic E-state index is 0.0622. The molecule has 2 aromatic carbocycles. The highest BCUT2D eigenvalue weighted by atomic mass is 35.5. The van der Waals surface area contributed by atoms with E-state index < -0.39 is 6.04 Å². The quantitative estimate of drug-likeness (QED) is 0.721. The van der Waals surface area contributed by atoms with Crippen LogP contribution in [0.1, 0.15) is 36.7 Å². The fourth-order valence-electron chi connectivity index (χ4n) is 2.80. The van der Waals surface area contributed by atoms with Crippen molar-refractivity contribution in [3.05, 3.63) is 64.7 Å². The molecule has 5 nitrogen and oxygen atoms in total. The highest BCUT2D eigenvalue weighted by Gasteiger charge is 2.27. The Labute approximate surface area is 171 Å². The summed E-state index contributed by atoms with van der Waals surface area (Å²) in [6.45, 7) is 6.65. The maximum absolute atomic E-state index is 13.0. The van der Waals surface area contributed by atoms with E-state index in [1.54, 1.807) is 42.3 Å². The molecule has 6 heteroatoms. The molecule has 0 aliphatic heterocycles. The maximum Gasteiger partial charge on any atom is 0.251 e. The van der Waals surface area contributed by atoms with Crippen LogP contribution in [-0.4, -0.2) is 36.4 Å². The van der Waals surface area contributed by atoms with Crippen LogP contribution in [0.2, 0.25) is 5.02 Å². The number of carbonyl (C=O) groups excluding carboxylic acids is 2. The second-order valence-corrected chi connectivity index (χ2v) is 7.35. The van der Waals surface area contributed by atoms with E-state index in [0.29, 0.717) is 29.5 Å². The zero-order valence-electron chi connectivity index (χ0n) is 16.7. The van der Waals surface area contributed by atoms with Crippen molar-refractivity contribution in [1.29, 1.82) is 0 Å². The van der Waals surface area contributed by atoms with Gasteiger partial charge in [0, 0.05) is 24.2 Å². The van der Waals surface area contributed by atoms with Crippen LogP contribution in [0.4, 0.5) is 0 Å². The van der Waals surface area contributed by atoms with Gasteiger partial charge in [-0.1, -0.05) is 43.6 Å². The minimum atomic E-state index is -0.633. The van der Waals surface area contributed by atoms with E-state index in [0.717, 1.165) is 5.56 Å². The molecule has 0 fully saturated rings. The molecule has 0 bridgehead atoms. The molecule has 1 atom stereocenters. The van der Waals surface area contributed by atoms with Crippen LogP contribution in [0.25, 0.3) is 0 Å². The van der Waals surface area contributed by atoms with Crippen LogP contribution in [0.3, 0.4) is 0 Å². The first-order valence-electron chi connectivity index (χ1n) is 9.35. The van der Waals surface area contributed by atoms with Crippen LogP contribution in [-0.2, 0) is 11.3 Å². The first kappa shape index (κ1) is 21.8. The largest absolute Gasteiger partial charge is 0.494 e. The molecular formula is C22H27ClN2O3. The third kappa shape index (κ3) is 5.73. The van der Waals surface area contributed by atoms with Gasteiger partial charge in [-0.25, -0.2) is 0 Å². The number of likely N-dealkylation sites (N-methyl/N-ethyl adjacent to an activating group) is 1. The summed E-state index contributed by atoms with van der Waals surface area (Å²) in [6, 6.07) is 13.6. The third-order valence-electron chi connectivity index (χ3n) is 4.39. The van der Waals surface area contributed by atoms with Gasteiger partial charge in [-0.2, -0.15) is 0 Å². The monoisotopic (exact) mass is 402 g/mol. The van der Waals surface area contributed by atoms with Gasteiger partial charge < -0.3 is 15.0 Å². The summed E-state index contributed by atoms with van der Waals surface area (Å²) in [6.07, 6.45) is 0. The Kier molecular flexibility index (Phi) is 7.88. The van der Waals surface area contributed by atoms with E-state index >= 15 is 0 Å². The van der Waals surface area contributed by atoms with Gasteiger partial charge in [0.15, 0.2) is 0 Å². The average Bonchev–Trinajstić information content (AvgIpc) is 2.67. The number of amides is 2. The summed E-state index contributed by atoms with van der Waals surface area (Å²) in [4.78, 5) is 27.2. The molecule has 0 saturated carbocycles. The lowest BCUT2D eigenvalue weighted by atomic mass is 10.0. The van der Waals surface area contributed by atoms with Gasteiger partial charge in [0.05, 0.1) is 6.61 Å². The summed E-state index contributed by atoms with van der Waals surface area (Å²) in [5.74, 6) is 0.193. The minimum Gasteiger partial charge on any atom is -0.494 e. The Morgan fingerprint density at radius 1 is 1.11 bits per heavy atom. The van der Waals surface area contributed by atoms with E-state index in [-0.39, 0.29) is 17.7 Å². The molecular weight excluding hydrogens is 376 g/mol. The van der Waals surface area contributed by atoms with E-state index in [1.807, 2.05) is 39.0 Å². The molecule has 0 aliphatic carbocycles. The first-order chi connectivity index (χ1) is 13.3. The number of carbonyl (C=O) groups is 2. The van der Waals surface area contributed by atoms with Crippen molar-refractivity contribution in [2.75, 3.05) is 13.7 Å². The standard InChI is InChI=1S/C22H27ClN2O3/c1-5-28-18-12-10-16(11-13-18)21(26)24-20(15(2)3)22(27)25(4)14-17-8-6-7-9-19(17)23/h6-13,15,20H,5,14H2,1-4H3,(H,24,26). The zero-order valence-corrected chi connectivity index (χ0v) is 17.5. The van der Waals surface area contributed by atoms with Crippen LogP contribution in [0.5, 0.6) is 5.75 Å². The number of hydrogen-bond donors (Lipinski definition) is 1. The first-order valence-corrected chi connectivity index (χ1v) is 9.73. The molecule has 28 heavy (non-hydrogen) atoms. The van der Waals surface area contributed by atoms with Crippen molar-refractivity contribution in [3.63, 3.8) is 0 Å². The van der Waals surface area contributed by atoms with Gasteiger partial charge in [0.2, 0.25) is 5.91 Å². The van der Waals surface area contributed by atoms with Crippen molar-refractivity contribution >= 4 is 23.4 Å². The van der Waals surface area contributed by atoms with Crippen molar-refractivity contribution in [2.24, 2.45) is 5.92 Å². The summed E-state index contributed by atoms with van der Waals surface area (Å²) in [5, 5.41) is 3.47. The number of ether oxygens (including phenoxy) is 1. The molecule has 0 aromatic heterocycles. The second kappa shape index (κ2) is 10.1. The molecule has 0 aliphatic rings. The SMILES string of the molecule is CCOc1ccc(C(=O)NC(C(=O)N(C)Cc2ccccc2Cl)C(C)C)cc1. The molecule has 0 spiro atoms. The maximum atomic E-state index is 13.0. The Bertz CT molecular complexity index is 806. The topological polar surface area (TPSA) is 58.6 Å². The predicted molar refractivity (Wildman–Crippen MR) is 112 cm³/mol. The lowest BCUT2D eigenvalue weighted by molar-refractivity contribution is -0.133. The number of hydrogen-bond acceptors (Lipinski definition) is 3. The fourth-order valence-corrected chi connectivity index (χ4v) is 3.00. The van der Waals surface area contributed by atoms with Crippen LogP contribution in [0.15, 0.2) is 48.5 Å². The molecule has 0 radical (unpaired) electrons. The van der Waals surface area contributed by atoms with Gasteiger partial charge >= 0.3 is 0 Å². The third-order valence-corrected chi connectivity index (χ3v) is 4.76. The van der Waals surface area contributed by atoms with Gasteiger partial charge in [-0.05, 0) is 48.7 Å². The number of benzene rings is 2. The summed E-state index contributed by atoms with van der Waals surface area (Å²) < 4.78 is 5.39. The molecule has 150 valence electrons. The smallest absolute Gasteiger partial charge is 0.251 e. The molecule has 2 amide bonds. The van der Waals surface area contributed by atoms with Gasteiger partial charge in [0.1, 0.15) is 11.8 Å². The fraction of sp³-hybridized carbons (Fsp3) is 0.364. The van der Waals surface area contributed by atoms with E-state index in [2.05, 4.69) is 5.32 Å². The van der Waals surface area contributed by atoms with Gasteiger partial charge in [0.25, 0.3) is 5.91 Å². The normalized spacial score (nSPS) is 11.8. The predicted octanol–water partition coefficient (Wildman–Crippen LogP) is 4.15. The highest BCUT2D eigenvalue weighted by molar-refractivity contribution is 6.31.